The number of sulfonamides is 1. The van der Waals surface area contributed by atoms with Crippen molar-refractivity contribution in [3.8, 4) is 17.2 Å². The molecule has 1 aliphatic heterocycles. The van der Waals surface area contributed by atoms with E-state index in [2.05, 4.69) is 26.0 Å². The highest BCUT2D eigenvalue weighted by Gasteiger charge is 2.35. The summed E-state index contributed by atoms with van der Waals surface area (Å²) in [6.07, 6.45) is -5.23. The van der Waals surface area contributed by atoms with Crippen LogP contribution in [0, 0.1) is 0 Å². The fourth-order valence-electron chi connectivity index (χ4n) is 3.20. The summed E-state index contributed by atoms with van der Waals surface area (Å²) in [6, 6.07) is 4.95. The average molecular weight is 584 g/mol. The Labute approximate surface area is 206 Å². The van der Waals surface area contributed by atoms with Crippen LogP contribution >= 0.6 is 15.9 Å². The first-order valence-corrected chi connectivity index (χ1v) is 12.4. The van der Waals surface area contributed by atoms with Crippen LogP contribution in [-0.4, -0.2) is 75.2 Å². The average Bonchev–Trinajstić information content (AvgIpc) is 2.77. The largest absolute Gasteiger partial charge is 0.573 e. The van der Waals surface area contributed by atoms with Gasteiger partial charge in [0.2, 0.25) is 0 Å². The van der Waals surface area contributed by atoms with E-state index in [1.165, 1.54) is 6.07 Å². The van der Waals surface area contributed by atoms with Crippen molar-refractivity contribution in [1.82, 2.24) is 10.2 Å². The highest BCUT2D eigenvalue weighted by molar-refractivity contribution is 9.10. The fraction of sp³-hybridized carbons (Fsp3) is 0.350. The molecule has 2 aromatic carbocycles. The van der Waals surface area contributed by atoms with Gasteiger partial charge in [-0.15, -0.1) is 13.2 Å². The molecule has 1 amide bonds. The third-order valence-corrected chi connectivity index (χ3v) is 6.75. The van der Waals surface area contributed by atoms with Crippen LogP contribution in [0.1, 0.15) is 10.4 Å². The normalized spacial score (nSPS) is 15.0. The molecule has 0 radical (unpaired) electrons. The van der Waals surface area contributed by atoms with Crippen LogP contribution in [0.4, 0.5) is 18.9 Å². The van der Waals surface area contributed by atoms with Crippen LogP contribution in [0.25, 0.3) is 0 Å². The van der Waals surface area contributed by atoms with E-state index >= 15 is 0 Å². The maximum Gasteiger partial charge on any atom is 0.573 e. The standard InChI is InChI=1S/C20H21BrF3N3O7S/c21-12-1-3-14(28)16(11-12)35(31,32)26-17-15(34-20(22,23)24)4-2-13(18(17)29)19(30)25-5-6-27-7-9-33-10-8-27/h1-4,11,26,28-29H,5-10H2,(H,25,30). The SMILES string of the molecule is O=C(NCCN1CCOCC1)c1ccc(OC(F)(F)F)c(NS(=O)(=O)c2cc(Br)ccc2O)c1O. The topological polar surface area (TPSA) is 137 Å². The predicted octanol–water partition coefficient (Wildman–Crippen LogP) is 2.62. The van der Waals surface area contributed by atoms with Crippen molar-refractivity contribution in [3.05, 3.63) is 40.4 Å². The molecule has 0 unspecified atom stereocenters. The van der Waals surface area contributed by atoms with Crippen molar-refractivity contribution in [2.75, 3.05) is 44.1 Å². The van der Waals surface area contributed by atoms with Gasteiger partial charge in [-0.25, -0.2) is 8.42 Å². The first-order valence-electron chi connectivity index (χ1n) is 10.1. The Bertz CT molecular complexity index is 1190. The van der Waals surface area contributed by atoms with Gasteiger partial charge < -0.3 is 25.0 Å². The number of rotatable bonds is 8. The van der Waals surface area contributed by atoms with Crippen molar-refractivity contribution < 1.29 is 46.1 Å². The summed E-state index contributed by atoms with van der Waals surface area (Å²) in [5.74, 6) is -3.73. The Morgan fingerprint density at radius 1 is 1.17 bits per heavy atom. The van der Waals surface area contributed by atoms with E-state index in [1.54, 1.807) is 4.72 Å². The van der Waals surface area contributed by atoms with Crippen LogP contribution in [0.3, 0.4) is 0 Å². The summed E-state index contributed by atoms with van der Waals surface area (Å²) in [4.78, 5) is 13.9. The van der Waals surface area contributed by atoms with Crippen molar-refractivity contribution in [2.24, 2.45) is 0 Å². The minimum absolute atomic E-state index is 0.159. The minimum atomic E-state index is -5.23. The van der Waals surface area contributed by atoms with Crippen LogP contribution in [0.15, 0.2) is 39.7 Å². The highest BCUT2D eigenvalue weighted by atomic mass is 79.9. The molecule has 1 heterocycles. The van der Waals surface area contributed by atoms with E-state index in [0.717, 1.165) is 18.2 Å². The number of nitrogens with zero attached hydrogens (tertiary/aromatic N) is 1. The number of ether oxygens (including phenoxy) is 2. The van der Waals surface area contributed by atoms with Crippen molar-refractivity contribution >= 4 is 37.5 Å². The molecular formula is C20H21BrF3N3O7S. The molecule has 192 valence electrons. The van der Waals surface area contributed by atoms with Gasteiger partial charge in [0, 0.05) is 30.7 Å². The molecule has 15 heteroatoms. The number of alkyl halides is 3. The quantitative estimate of drug-likeness (QED) is 0.348. The van der Waals surface area contributed by atoms with Gasteiger partial charge in [-0.2, -0.15) is 0 Å². The summed E-state index contributed by atoms with van der Waals surface area (Å²) >= 11 is 3.04. The molecule has 0 bridgehead atoms. The van der Waals surface area contributed by atoms with Gasteiger partial charge in [-0.05, 0) is 30.3 Å². The lowest BCUT2D eigenvalue weighted by Crippen LogP contribution is -2.41. The van der Waals surface area contributed by atoms with Crippen molar-refractivity contribution in [2.45, 2.75) is 11.3 Å². The number of phenolic OH excluding ortho intramolecular Hbond substituents is 2. The number of amides is 1. The van der Waals surface area contributed by atoms with E-state index < -0.39 is 55.7 Å². The monoisotopic (exact) mass is 583 g/mol. The highest BCUT2D eigenvalue weighted by Crippen LogP contribution is 2.41. The van der Waals surface area contributed by atoms with Crippen molar-refractivity contribution in [3.63, 3.8) is 0 Å². The molecule has 4 N–H and O–H groups in total. The lowest BCUT2D eigenvalue weighted by Gasteiger charge is -2.26. The Kier molecular flexibility index (Phi) is 8.35. The van der Waals surface area contributed by atoms with E-state index in [1.807, 2.05) is 4.90 Å². The van der Waals surface area contributed by atoms with Crippen LogP contribution in [0.2, 0.25) is 0 Å². The number of carbonyl (C=O) groups is 1. The van der Waals surface area contributed by atoms with Crippen LogP contribution in [-0.2, 0) is 14.8 Å². The fourth-order valence-corrected chi connectivity index (χ4v) is 4.92. The number of anilines is 1. The van der Waals surface area contributed by atoms with Gasteiger partial charge in [0.05, 0.1) is 18.8 Å². The summed E-state index contributed by atoms with van der Waals surface area (Å²) in [7, 11) is -4.73. The number of nitrogens with one attached hydrogen (secondary N) is 2. The van der Waals surface area contributed by atoms with Gasteiger partial charge in [0.1, 0.15) is 16.3 Å². The Balaban J connectivity index is 1.89. The first kappa shape index (κ1) is 26.8. The van der Waals surface area contributed by atoms with Gasteiger partial charge >= 0.3 is 6.36 Å². The number of phenols is 2. The van der Waals surface area contributed by atoms with Gasteiger partial charge in [-0.3, -0.25) is 14.4 Å². The van der Waals surface area contributed by atoms with E-state index in [0.29, 0.717) is 38.9 Å². The maximum absolute atomic E-state index is 12.9. The number of hydrogen-bond donors (Lipinski definition) is 4. The minimum Gasteiger partial charge on any atom is -0.507 e. The molecule has 0 atom stereocenters. The molecule has 0 saturated carbocycles. The van der Waals surface area contributed by atoms with E-state index in [4.69, 9.17) is 4.74 Å². The van der Waals surface area contributed by atoms with Gasteiger partial charge in [-0.1, -0.05) is 15.9 Å². The third-order valence-electron chi connectivity index (χ3n) is 4.88. The lowest BCUT2D eigenvalue weighted by molar-refractivity contribution is -0.274. The molecule has 1 fully saturated rings. The number of aromatic hydroxyl groups is 2. The Morgan fingerprint density at radius 2 is 1.86 bits per heavy atom. The zero-order chi connectivity index (χ0) is 25.8. The molecule has 1 saturated heterocycles. The van der Waals surface area contributed by atoms with E-state index in [-0.39, 0.29) is 11.0 Å². The number of benzene rings is 2. The predicted molar refractivity (Wildman–Crippen MR) is 121 cm³/mol. The molecule has 0 aromatic heterocycles. The zero-order valence-electron chi connectivity index (χ0n) is 17.9. The Morgan fingerprint density at radius 3 is 2.51 bits per heavy atom. The molecule has 2 aromatic rings. The first-order chi connectivity index (χ1) is 16.4. The summed E-state index contributed by atoms with van der Waals surface area (Å²) in [5.41, 5.74) is -1.51. The number of halogens is 4. The molecule has 3 rings (SSSR count). The summed E-state index contributed by atoms with van der Waals surface area (Å²) < 4.78 is 75.5. The second-order valence-electron chi connectivity index (χ2n) is 7.31. The summed E-state index contributed by atoms with van der Waals surface area (Å²) in [6.45, 7) is 3.05. The molecular weight excluding hydrogens is 563 g/mol. The summed E-state index contributed by atoms with van der Waals surface area (Å²) in [5, 5.41) is 23.0. The molecule has 0 aliphatic carbocycles. The van der Waals surface area contributed by atoms with Crippen LogP contribution in [0.5, 0.6) is 17.2 Å². The molecule has 0 spiro atoms. The van der Waals surface area contributed by atoms with Gasteiger partial charge in [0.15, 0.2) is 11.5 Å². The molecule has 10 nitrogen and oxygen atoms in total. The second-order valence-corrected chi connectivity index (χ2v) is 9.88. The second kappa shape index (κ2) is 10.9. The number of hydrogen-bond acceptors (Lipinski definition) is 8. The van der Waals surface area contributed by atoms with Gasteiger partial charge in [0.25, 0.3) is 15.9 Å². The van der Waals surface area contributed by atoms with Crippen molar-refractivity contribution in [1.29, 1.82) is 0 Å². The molecule has 1 aliphatic rings. The lowest BCUT2D eigenvalue weighted by atomic mass is 10.1. The maximum atomic E-state index is 12.9. The van der Waals surface area contributed by atoms with Crippen LogP contribution < -0.4 is 14.8 Å². The number of carbonyl (C=O) groups excluding carboxylic acids is 1. The Hall–Kier alpha value is -2.75. The smallest absolute Gasteiger partial charge is 0.507 e. The molecule has 35 heavy (non-hydrogen) atoms. The number of morpholine rings is 1. The third kappa shape index (κ3) is 7.13. The zero-order valence-corrected chi connectivity index (χ0v) is 20.3. The van der Waals surface area contributed by atoms with E-state index in [9.17, 15) is 36.6 Å².